The Morgan fingerprint density at radius 3 is 2.58 bits per heavy atom. The zero-order chi connectivity index (χ0) is 26.5. The molecule has 0 spiro atoms. The zero-order valence-corrected chi connectivity index (χ0v) is 21.7. The van der Waals surface area contributed by atoms with Crippen LogP contribution in [0.4, 0.5) is 5.82 Å². The first-order chi connectivity index (χ1) is 18.5. The van der Waals surface area contributed by atoms with Gasteiger partial charge >= 0.3 is 0 Å². The third kappa shape index (κ3) is 5.72. The van der Waals surface area contributed by atoms with Gasteiger partial charge in [0, 0.05) is 37.5 Å². The molecular weight excluding hydrogens is 506 g/mol. The number of nitrogens with zero attached hydrogens (tertiary/aromatic N) is 6. The highest BCUT2D eigenvalue weighted by molar-refractivity contribution is 6.35. The second-order valence-electron chi connectivity index (χ2n) is 8.47. The molecule has 0 fully saturated rings. The molecule has 38 heavy (non-hydrogen) atoms. The number of pyridine rings is 2. The van der Waals surface area contributed by atoms with Crippen LogP contribution in [0.25, 0.3) is 33.5 Å². The topological polar surface area (TPSA) is 123 Å². The molecule has 11 heteroatoms. The predicted octanol–water partition coefficient (Wildman–Crippen LogP) is 4.46. The van der Waals surface area contributed by atoms with Crippen molar-refractivity contribution >= 4 is 28.3 Å². The van der Waals surface area contributed by atoms with E-state index in [1.165, 1.54) is 0 Å². The number of nitrogens with two attached hydrogens (primary N) is 1. The molecule has 194 valence electrons. The lowest BCUT2D eigenvalue weighted by Gasteiger charge is -2.13. The molecule has 0 saturated carbocycles. The van der Waals surface area contributed by atoms with Crippen molar-refractivity contribution in [3.05, 3.63) is 77.3 Å². The van der Waals surface area contributed by atoms with Gasteiger partial charge in [0.25, 0.3) is 5.88 Å². The van der Waals surface area contributed by atoms with Crippen molar-refractivity contribution in [2.75, 3.05) is 26.1 Å². The standard InChI is InChI=1S/C27H26ClN7O3/c1-35-10-8-22(34-35)25-24(18-13-17-5-4-9-30-23(17)21(28)14-18)33-27(26(29)32-25)38-16-20-7-3-6-19(31-20)15-37-12-11-36-2/h3-10,13-14H,11-12,15-16H2,1-2H3,(H2,29,32). The van der Waals surface area contributed by atoms with Gasteiger partial charge in [-0.25, -0.2) is 9.97 Å². The van der Waals surface area contributed by atoms with Gasteiger partial charge < -0.3 is 19.9 Å². The fourth-order valence-corrected chi connectivity index (χ4v) is 4.17. The molecule has 0 unspecified atom stereocenters. The van der Waals surface area contributed by atoms with E-state index in [2.05, 4.69) is 20.1 Å². The first-order valence-corrected chi connectivity index (χ1v) is 12.3. The highest BCUT2D eigenvalue weighted by atomic mass is 35.5. The number of methoxy groups -OCH3 is 1. The summed E-state index contributed by atoms with van der Waals surface area (Å²) >= 11 is 6.58. The lowest BCUT2D eigenvalue weighted by atomic mass is 10.0. The van der Waals surface area contributed by atoms with Crippen molar-refractivity contribution in [2.45, 2.75) is 13.2 Å². The maximum Gasteiger partial charge on any atom is 0.258 e. The molecule has 0 aliphatic carbocycles. The van der Waals surface area contributed by atoms with Crippen LogP contribution >= 0.6 is 11.6 Å². The Balaban J connectivity index is 1.47. The van der Waals surface area contributed by atoms with Crippen molar-refractivity contribution in [1.29, 1.82) is 0 Å². The van der Waals surface area contributed by atoms with E-state index < -0.39 is 0 Å². The average Bonchev–Trinajstić information content (AvgIpc) is 3.36. The number of hydrogen-bond acceptors (Lipinski definition) is 9. The quantitative estimate of drug-likeness (QED) is 0.260. The lowest BCUT2D eigenvalue weighted by molar-refractivity contribution is 0.0601. The molecule has 0 bridgehead atoms. The van der Waals surface area contributed by atoms with E-state index in [0.717, 1.165) is 16.6 Å². The number of anilines is 1. The smallest absolute Gasteiger partial charge is 0.258 e. The van der Waals surface area contributed by atoms with Crippen LogP contribution < -0.4 is 10.5 Å². The van der Waals surface area contributed by atoms with Gasteiger partial charge in [-0.2, -0.15) is 5.10 Å². The van der Waals surface area contributed by atoms with Crippen LogP contribution in [0, 0.1) is 0 Å². The summed E-state index contributed by atoms with van der Waals surface area (Å²) < 4.78 is 18.3. The van der Waals surface area contributed by atoms with Crippen LogP contribution in [-0.4, -0.2) is 50.0 Å². The van der Waals surface area contributed by atoms with E-state index in [1.54, 1.807) is 18.0 Å². The Labute approximate surface area is 224 Å². The van der Waals surface area contributed by atoms with E-state index in [9.17, 15) is 0 Å². The second kappa shape index (κ2) is 11.5. The van der Waals surface area contributed by atoms with Crippen molar-refractivity contribution < 1.29 is 14.2 Å². The first kappa shape index (κ1) is 25.5. The number of nitrogen functional groups attached to an aromatic ring is 1. The van der Waals surface area contributed by atoms with Crippen molar-refractivity contribution in [1.82, 2.24) is 29.7 Å². The minimum Gasteiger partial charge on any atom is -0.469 e. The zero-order valence-electron chi connectivity index (χ0n) is 21.0. The average molecular weight is 532 g/mol. The summed E-state index contributed by atoms with van der Waals surface area (Å²) in [4.78, 5) is 18.4. The number of hydrogen-bond donors (Lipinski definition) is 1. The summed E-state index contributed by atoms with van der Waals surface area (Å²) in [6.07, 6.45) is 3.54. The number of fused-ring (bicyclic) bond motifs is 1. The number of rotatable bonds is 10. The van der Waals surface area contributed by atoms with Crippen molar-refractivity contribution in [3.8, 4) is 28.5 Å². The predicted molar refractivity (Wildman–Crippen MR) is 144 cm³/mol. The van der Waals surface area contributed by atoms with Gasteiger partial charge in [0.2, 0.25) is 0 Å². The summed E-state index contributed by atoms with van der Waals surface area (Å²) in [5, 5.41) is 5.88. The summed E-state index contributed by atoms with van der Waals surface area (Å²) in [5.74, 6) is 0.327. The Kier molecular flexibility index (Phi) is 7.73. The molecule has 0 amide bonds. The minimum absolute atomic E-state index is 0.141. The van der Waals surface area contributed by atoms with Crippen molar-refractivity contribution in [3.63, 3.8) is 0 Å². The third-order valence-corrected chi connectivity index (χ3v) is 5.97. The molecule has 0 aliphatic heterocycles. The number of benzene rings is 1. The van der Waals surface area contributed by atoms with E-state index >= 15 is 0 Å². The van der Waals surface area contributed by atoms with Gasteiger partial charge in [-0.15, -0.1) is 0 Å². The SMILES string of the molecule is COCCOCc1cccc(COc2nc(-c3cc(Cl)c4ncccc4c3)c(-c3ccn(C)n3)nc2N)n1. The molecule has 0 saturated heterocycles. The van der Waals surface area contributed by atoms with Crippen molar-refractivity contribution in [2.24, 2.45) is 7.05 Å². The highest BCUT2D eigenvalue weighted by Crippen LogP contribution is 2.36. The molecule has 0 aliphatic rings. The fraction of sp³-hybridized carbons (Fsp3) is 0.222. The first-order valence-electron chi connectivity index (χ1n) is 11.9. The van der Waals surface area contributed by atoms with Crippen LogP contribution in [0.15, 0.2) is 60.9 Å². The monoisotopic (exact) mass is 531 g/mol. The third-order valence-electron chi connectivity index (χ3n) is 5.68. The maximum absolute atomic E-state index is 6.58. The van der Waals surface area contributed by atoms with Gasteiger partial charge in [0.15, 0.2) is 5.82 Å². The van der Waals surface area contributed by atoms with Crippen LogP contribution in [-0.2, 0) is 29.7 Å². The number of ether oxygens (including phenoxy) is 3. The Hall–Kier alpha value is -4.12. The molecular formula is C27H26ClN7O3. The summed E-state index contributed by atoms with van der Waals surface area (Å²) in [7, 11) is 3.47. The van der Waals surface area contributed by atoms with E-state index in [1.807, 2.05) is 61.8 Å². The van der Waals surface area contributed by atoms with Crippen LogP contribution in [0.3, 0.4) is 0 Å². The molecule has 4 aromatic heterocycles. The Morgan fingerprint density at radius 1 is 0.947 bits per heavy atom. The fourth-order valence-electron chi connectivity index (χ4n) is 3.90. The molecule has 0 atom stereocenters. The molecule has 0 radical (unpaired) electrons. The molecule has 10 nitrogen and oxygen atoms in total. The van der Waals surface area contributed by atoms with Crippen LogP contribution in [0.2, 0.25) is 5.02 Å². The number of halogens is 1. The van der Waals surface area contributed by atoms with Gasteiger partial charge in [0.05, 0.1) is 41.7 Å². The molecule has 5 rings (SSSR count). The molecule has 5 aromatic rings. The van der Waals surface area contributed by atoms with Gasteiger partial charge in [0.1, 0.15) is 23.7 Å². The van der Waals surface area contributed by atoms with E-state index in [0.29, 0.717) is 53.1 Å². The van der Waals surface area contributed by atoms with Crippen LogP contribution in [0.1, 0.15) is 11.4 Å². The van der Waals surface area contributed by atoms with Crippen LogP contribution in [0.5, 0.6) is 5.88 Å². The van der Waals surface area contributed by atoms with Gasteiger partial charge in [-0.05, 0) is 36.4 Å². The number of aromatic nitrogens is 6. The Bertz CT molecular complexity index is 1570. The van der Waals surface area contributed by atoms with Gasteiger partial charge in [-0.1, -0.05) is 23.7 Å². The van der Waals surface area contributed by atoms with E-state index in [4.69, 9.17) is 36.5 Å². The largest absolute Gasteiger partial charge is 0.469 e. The molecule has 2 N–H and O–H groups in total. The van der Waals surface area contributed by atoms with Gasteiger partial charge in [-0.3, -0.25) is 14.6 Å². The van der Waals surface area contributed by atoms with E-state index in [-0.39, 0.29) is 18.3 Å². The minimum atomic E-state index is 0.141. The Morgan fingerprint density at radius 2 is 1.79 bits per heavy atom. The normalized spacial score (nSPS) is 11.2. The summed E-state index contributed by atoms with van der Waals surface area (Å²) in [5.41, 5.74) is 10.9. The highest BCUT2D eigenvalue weighted by Gasteiger charge is 2.20. The lowest BCUT2D eigenvalue weighted by Crippen LogP contribution is -2.08. The summed E-state index contributed by atoms with van der Waals surface area (Å²) in [6.45, 7) is 1.54. The second-order valence-corrected chi connectivity index (χ2v) is 8.88. The maximum atomic E-state index is 6.58. The molecule has 4 heterocycles. The number of aryl methyl sites for hydroxylation is 1. The summed E-state index contributed by atoms with van der Waals surface area (Å²) in [6, 6.07) is 15.1. The molecule has 1 aromatic carbocycles.